The number of allylic oxidation sites excluding steroid dienone is 1. The average molecular weight is 279 g/mol. The first-order chi connectivity index (χ1) is 8.91. The Morgan fingerprint density at radius 1 is 1.05 bits per heavy atom. The number of rotatable bonds is 2. The Balaban J connectivity index is 2.33. The molecule has 0 unspecified atom stereocenters. The highest BCUT2D eigenvalue weighted by Crippen LogP contribution is 2.19. The van der Waals surface area contributed by atoms with Gasteiger partial charge in [-0.3, -0.25) is 0 Å². The van der Waals surface area contributed by atoms with E-state index in [2.05, 4.69) is 0 Å². The van der Waals surface area contributed by atoms with Gasteiger partial charge in [0, 0.05) is 13.1 Å². The van der Waals surface area contributed by atoms with Gasteiger partial charge in [-0.05, 0) is 37.6 Å². The Morgan fingerprint density at radius 3 is 2.26 bits per heavy atom. The molecule has 0 aromatic heterocycles. The van der Waals surface area contributed by atoms with E-state index in [1.54, 1.807) is 37.3 Å². The summed E-state index contributed by atoms with van der Waals surface area (Å²) >= 11 is 0. The lowest BCUT2D eigenvalue weighted by Crippen LogP contribution is -2.31. The molecule has 1 aromatic rings. The standard InChI is InChI=1S/C14H17NO3S/c1-11-3-5-13(6-4-11)19(17,18)15-9-7-12(2)14(16)8-10-15/h3-8,16H,9-10H2,1-2H3. The lowest BCUT2D eigenvalue weighted by atomic mass is 10.2. The molecule has 0 atom stereocenters. The quantitative estimate of drug-likeness (QED) is 0.904. The fourth-order valence-electron chi connectivity index (χ4n) is 1.82. The van der Waals surface area contributed by atoms with Crippen molar-refractivity contribution < 1.29 is 13.5 Å². The van der Waals surface area contributed by atoms with Crippen molar-refractivity contribution in [3.63, 3.8) is 0 Å². The monoisotopic (exact) mass is 279 g/mol. The Kier molecular flexibility index (Phi) is 3.78. The van der Waals surface area contributed by atoms with E-state index in [1.807, 2.05) is 6.92 Å². The van der Waals surface area contributed by atoms with Gasteiger partial charge >= 0.3 is 0 Å². The van der Waals surface area contributed by atoms with E-state index in [0.29, 0.717) is 5.57 Å². The number of hydrogen-bond donors (Lipinski definition) is 1. The molecular formula is C14H17NO3S. The van der Waals surface area contributed by atoms with Crippen LogP contribution in [0.5, 0.6) is 0 Å². The number of aliphatic hydroxyl groups is 1. The van der Waals surface area contributed by atoms with Gasteiger partial charge in [0.05, 0.1) is 4.90 Å². The molecule has 0 saturated carbocycles. The van der Waals surface area contributed by atoms with Crippen LogP contribution < -0.4 is 0 Å². The number of aliphatic hydroxyl groups excluding tert-OH is 1. The van der Waals surface area contributed by atoms with Crippen LogP contribution in [0.1, 0.15) is 12.5 Å². The lowest BCUT2D eigenvalue weighted by molar-refractivity contribution is 0.419. The van der Waals surface area contributed by atoms with E-state index >= 15 is 0 Å². The van der Waals surface area contributed by atoms with Gasteiger partial charge in [-0.2, -0.15) is 4.31 Å². The Bertz CT molecular complexity index is 607. The van der Waals surface area contributed by atoms with Gasteiger partial charge in [0.25, 0.3) is 0 Å². The van der Waals surface area contributed by atoms with E-state index < -0.39 is 10.0 Å². The van der Waals surface area contributed by atoms with Crippen LogP contribution in [0, 0.1) is 6.92 Å². The first kappa shape index (κ1) is 13.8. The number of aryl methyl sites for hydroxylation is 1. The van der Waals surface area contributed by atoms with Gasteiger partial charge in [-0.25, -0.2) is 8.42 Å². The van der Waals surface area contributed by atoms with Crippen LogP contribution in [0.3, 0.4) is 0 Å². The highest BCUT2D eigenvalue weighted by Gasteiger charge is 2.24. The van der Waals surface area contributed by atoms with Crippen LogP contribution >= 0.6 is 0 Å². The first-order valence-corrected chi connectivity index (χ1v) is 7.48. The van der Waals surface area contributed by atoms with Crippen molar-refractivity contribution in [1.82, 2.24) is 4.31 Å². The van der Waals surface area contributed by atoms with Crippen molar-refractivity contribution in [2.75, 3.05) is 13.1 Å². The highest BCUT2D eigenvalue weighted by molar-refractivity contribution is 7.89. The van der Waals surface area contributed by atoms with Gasteiger partial charge in [-0.1, -0.05) is 23.8 Å². The molecule has 102 valence electrons. The third-order valence-corrected chi connectivity index (χ3v) is 5.00. The van der Waals surface area contributed by atoms with Crippen molar-refractivity contribution in [1.29, 1.82) is 0 Å². The maximum atomic E-state index is 12.5. The van der Waals surface area contributed by atoms with E-state index in [-0.39, 0.29) is 23.7 Å². The first-order valence-electron chi connectivity index (χ1n) is 6.04. The fourth-order valence-corrected chi connectivity index (χ4v) is 3.14. The Hall–Kier alpha value is -1.59. The number of benzene rings is 1. The second-order valence-corrected chi connectivity index (χ2v) is 6.55. The molecule has 0 aliphatic carbocycles. The summed E-state index contributed by atoms with van der Waals surface area (Å²) in [6, 6.07) is 6.77. The Morgan fingerprint density at radius 2 is 1.63 bits per heavy atom. The summed E-state index contributed by atoms with van der Waals surface area (Å²) < 4.78 is 26.2. The van der Waals surface area contributed by atoms with Crippen LogP contribution in [0.4, 0.5) is 0 Å². The SMILES string of the molecule is CC1=CCN(S(=O)(=O)c2ccc(C)cc2)CC=C1O. The van der Waals surface area contributed by atoms with Crippen LogP contribution in [0.2, 0.25) is 0 Å². The zero-order valence-corrected chi connectivity index (χ0v) is 11.8. The topological polar surface area (TPSA) is 57.6 Å². The summed E-state index contributed by atoms with van der Waals surface area (Å²) in [7, 11) is -3.52. The summed E-state index contributed by atoms with van der Waals surface area (Å²) in [5.74, 6) is 0.140. The molecule has 0 bridgehead atoms. The van der Waals surface area contributed by atoms with E-state index in [4.69, 9.17) is 0 Å². The van der Waals surface area contributed by atoms with E-state index in [0.717, 1.165) is 5.56 Å². The maximum Gasteiger partial charge on any atom is 0.243 e. The molecule has 4 nitrogen and oxygen atoms in total. The largest absolute Gasteiger partial charge is 0.508 e. The summed E-state index contributed by atoms with van der Waals surface area (Å²) in [5, 5.41) is 9.62. The minimum Gasteiger partial charge on any atom is -0.508 e. The molecule has 1 aliphatic heterocycles. The van der Waals surface area contributed by atoms with Crippen LogP contribution in [-0.2, 0) is 10.0 Å². The third-order valence-electron chi connectivity index (χ3n) is 3.15. The minimum atomic E-state index is -3.52. The normalized spacial score (nSPS) is 17.6. The average Bonchev–Trinajstić information content (AvgIpc) is 2.53. The van der Waals surface area contributed by atoms with Gasteiger partial charge in [-0.15, -0.1) is 0 Å². The minimum absolute atomic E-state index is 0.140. The van der Waals surface area contributed by atoms with Crippen LogP contribution in [0.15, 0.2) is 52.6 Å². The predicted octanol–water partition coefficient (Wildman–Crippen LogP) is 2.39. The van der Waals surface area contributed by atoms with Gasteiger partial charge in [0.2, 0.25) is 10.0 Å². The molecule has 0 spiro atoms. The van der Waals surface area contributed by atoms with Crippen LogP contribution in [-0.4, -0.2) is 30.9 Å². The summed E-state index contributed by atoms with van der Waals surface area (Å²) in [4.78, 5) is 0.277. The number of sulfonamides is 1. The van der Waals surface area contributed by atoms with Gasteiger partial charge in [0.15, 0.2) is 0 Å². The molecule has 0 amide bonds. The zero-order chi connectivity index (χ0) is 14.0. The highest BCUT2D eigenvalue weighted by atomic mass is 32.2. The molecule has 5 heteroatoms. The van der Waals surface area contributed by atoms with Crippen molar-refractivity contribution in [3.8, 4) is 0 Å². The second kappa shape index (κ2) is 5.19. The van der Waals surface area contributed by atoms with Crippen molar-refractivity contribution in [2.45, 2.75) is 18.7 Å². The molecule has 0 fully saturated rings. The molecular weight excluding hydrogens is 262 g/mol. The molecule has 19 heavy (non-hydrogen) atoms. The molecule has 1 aliphatic rings. The van der Waals surface area contributed by atoms with E-state index in [9.17, 15) is 13.5 Å². The van der Waals surface area contributed by atoms with Crippen molar-refractivity contribution in [3.05, 3.63) is 53.3 Å². The molecule has 2 rings (SSSR count). The fraction of sp³-hybridized carbons (Fsp3) is 0.286. The van der Waals surface area contributed by atoms with Crippen molar-refractivity contribution in [2.24, 2.45) is 0 Å². The molecule has 1 heterocycles. The number of hydrogen-bond acceptors (Lipinski definition) is 3. The second-order valence-electron chi connectivity index (χ2n) is 4.61. The summed E-state index contributed by atoms with van der Waals surface area (Å²) in [5.41, 5.74) is 1.71. The maximum absolute atomic E-state index is 12.5. The van der Waals surface area contributed by atoms with Gasteiger partial charge in [0.1, 0.15) is 5.76 Å². The predicted molar refractivity (Wildman–Crippen MR) is 74.4 cm³/mol. The van der Waals surface area contributed by atoms with E-state index in [1.165, 1.54) is 10.4 Å². The third kappa shape index (κ3) is 2.88. The van der Waals surface area contributed by atoms with Crippen molar-refractivity contribution >= 4 is 10.0 Å². The van der Waals surface area contributed by atoms with Crippen LogP contribution in [0.25, 0.3) is 0 Å². The number of nitrogens with zero attached hydrogens (tertiary/aromatic N) is 1. The lowest BCUT2D eigenvalue weighted by Gasteiger charge is -2.18. The van der Waals surface area contributed by atoms with Gasteiger partial charge < -0.3 is 5.11 Å². The smallest absolute Gasteiger partial charge is 0.243 e. The Labute approximate surface area is 113 Å². The molecule has 0 saturated heterocycles. The summed E-state index contributed by atoms with van der Waals surface area (Å²) in [6.45, 7) is 4.11. The summed E-state index contributed by atoms with van der Waals surface area (Å²) in [6.07, 6.45) is 3.23. The zero-order valence-electron chi connectivity index (χ0n) is 11.0. The molecule has 1 aromatic carbocycles. The molecule has 1 N–H and O–H groups in total. The molecule has 0 radical (unpaired) electrons.